The van der Waals surface area contributed by atoms with Gasteiger partial charge in [0.15, 0.2) is 0 Å². The molecule has 0 spiro atoms. The molecule has 0 aliphatic carbocycles. The standard InChI is InChI=1S/C19H27N5O2/c25-12-11-23-7-9-24(10-8-23)19-21-17-6-2-1-5-16(17)18(22-19)20-14-15-4-3-13-26-15/h1-2,5-6,15,25H,3-4,7-14H2,(H,20,21,22)/p+1/t15-/m0/s1. The second-order valence-corrected chi connectivity index (χ2v) is 7.12. The number of aromatic nitrogens is 2. The van der Waals surface area contributed by atoms with Crippen LogP contribution in [0.15, 0.2) is 24.3 Å². The monoisotopic (exact) mass is 358 g/mol. The molecule has 2 fully saturated rings. The Morgan fingerprint density at radius 1 is 1.23 bits per heavy atom. The van der Waals surface area contributed by atoms with Gasteiger partial charge in [0.25, 0.3) is 0 Å². The zero-order valence-electron chi connectivity index (χ0n) is 15.2. The van der Waals surface area contributed by atoms with Crippen molar-refractivity contribution >= 4 is 22.7 Å². The van der Waals surface area contributed by atoms with E-state index in [4.69, 9.17) is 19.8 Å². The summed E-state index contributed by atoms with van der Waals surface area (Å²) in [6, 6.07) is 8.16. The largest absolute Gasteiger partial charge is 0.391 e. The lowest BCUT2D eigenvalue weighted by molar-refractivity contribution is -0.900. The fourth-order valence-corrected chi connectivity index (χ4v) is 3.79. The Balaban J connectivity index is 1.53. The highest BCUT2D eigenvalue weighted by Crippen LogP contribution is 2.24. The van der Waals surface area contributed by atoms with Crippen LogP contribution < -0.4 is 15.1 Å². The first-order valence-corrected chi connectivity index (χ1v) is 9.65. The van der Waals surface area contributed by atoms with Gasteiger partial charge in [-0.3, -0.25) is 0 Å². The first kappa shape index (κ1) is 17.5. The van der Waals surface area contributed by atoms with Gasteiger partial charge in [0.2, 0.25) is 5.95 Å². The molecule has 26 heavy (non-hydrogen) atoms. The lowest BCUT2D eigenvalue weighted by Crippen LogP contribution is -3.15. The average molecular weight is 358 g/mol. The molecule has 0 bridgehead atoms. The van der Waals surface area contributed by atoms with Crippen LogP contribution in [0.5, 0.6) is 0 Å². The summed E-state index contributed by atoms with van der Waals surface area (Å²) in [4.78, 5) is 13.3. The van der Waals surface area contributed by atoms with Gasteiger partial charge in [-0.25, -0.2) is 4.98 Å². The smallest absolute Gasteiger partial charge is 0.228 e. The molecule has 2 saturated heterocycles. The van der Waals surface area contributed by atoms with Crippen molar-refractivity contribution in [2.75, 3.05) is 62.7 Å². The zero-order chi connectivity index (χ0) is 17.8. The van der Waals surface area contributed by atoms with E-state index in [-0.39, 0.29) is 12.7 Å². The number of rotatable bonds is 6. The lowest BCUT2D eigenvalue weighted by atomic mass is 10.2. The number of para-hydroxylation sites is 1. The quantitative estimate of drug-likeness (QED) is 0.671. The molecule has 0 saturated carbocycles. The number of anilines is 2. The molecule has 2 aliphatic heterocycles. The SMILES string of the molecule is OCC[NH+]1CCN(c2nc(NC[C@@H]3CCCO3)c3ccccc3n2)CC1. The number of piperazine rings is 1. The van der Waals surface area contributed by atoms with Crippen molar-refractivity contribution in [3.63, 3.8) is 0 Å². The molecular formula is C19H28N5O2+. The lowest BCUT2D eigenvalue weighted by Gasteiger charge is -2.32. The van der Waals surface area contributed by atoms with E-state index in [2.05, 4.69) is 16.3 Å². The molecule has 4 rings (SSSR count). The molecule has 3 N–H and O–H groups in total. The highest BCUT2D eigenvalue weighted by molar-refractivity contribution is 5.90. The van der Waals surface area contributed by atoms with Crippen LogP contribution in [0.2, 0.25) is 0 Å². The van der Waals surface area contributed by atoms with Gasteiger partial charge >= 0.3 is 0 Å². The van der Waals surface area contributed by atoms with E-state index in [1.807, 2.05) is 18.2 Å². The van der Waals surface area contributed by atoms with Crippen molar-refractivity contribution in [3.8, 4) is 0 Å². The molecular weight excluding hydrogens is 330 g/mol. The third-order valence-corrected chi connectivity index (χ3v) is 5.33. The second kappa shape index (κ2) is 8.16. The summed E-state index contributed by atoms with van der Waals surface area (Å²) in [5, 5.41) is 13.7. The molecule has 1 atom stereocenters. The maximum Gasteiger partial charge on any atom is 0.228 e. The topological polar surface area (TPSA) is 75.0 Å². The van der Waals surface area contributed by atoms with Crippen LogP contribution in [0, 0.1) is 0 Å². The van der Waals surface area contributed by atoms with Gasteiger partial charge in [-0.2, -0.15) is 4.98 Å². The zero-order valence-corrected chi connectivity index (χ0v) is 15.2. The number of benzene rings is 1. The van der Waals surface area contributed by atoms with Gasteiger partial charge < -0.3 is 25.0 Å². The Hall–Kier alpha value is -1.96. The minimum Gasteiger partial charge on any atom is -0.391 e. The average Bonchev–Trinajstić information content (AvgIpc) is 3.20. The maximum atomic E-state index is 9.13. The first-order valence-electron chi connectivity index (χ1n) is 9.65. The predicted octanol–water partition coefficient (Wildman–Crippen LogP) is -0.0821. The molecule has 2 aromatic rings. The number of fused-ring (bicyclic) bond motifs is 1. The maximum absolute atomic E-state index is 9.13. The third kappa shape index (κ3) is 3.90. The molecule has 2 aliphatic rings. The molecule has 1 aromatic carbocycles. The molecule has 1 aromatic heterocycles. The van der Waals surface area contributed by atoms with E-state index in [1.165, 1.54) is 4.90 Å². The van der Waals surface area contributed by atoms with E-state index in [0.29, 0.717) is 0 Å². The Morgan fingerprint density at radius 2 is 2.08 bits per heavy atom. The third-order valence-electron chi connectivity index (χ3n) is 5.33. The van der Waals surface area contributed by atoms with Gasteiger partial charge in [-0.15, -0.1) is 0 Å². The molecule has 7 nitrogen and oxygen atoms in total. The fourth-order valence-electron chi connectivity index (χ4n) is 3.79. The molecule has 0 amide bonds. The summed E-state index contributed by atoms with van der Waals surface area (Å²) in [5.41, 5.74) is 0.970. The van der Waals surface area contributed by atoms with E-state index in [9.17, 15) is 0 Å². The van der Waals surface area contributed by atoms with Crippen LogP contribution in [0.3, 0.4) is 0 Å². The van der Waals surface area contributed by atoms with Crippen LogP contribution in [-0.2, 0) is 4.74 Å². The molecule has 0 unspecified atom stereocenters. The minimum atomic E-state index is 0.249. The van der Waals surface area contributed by atoms with Gasteiger partial charge in [-0.05, 0) is 25.0 Å². The van der Waals surface area contributed by atoms with Crippen molar-refractivity contribution in [2.24, 2.45) is 0 Å². The summed E-state index contributed by atoms with van der Waals surface area (Å²) in [6.45, 7) is 6.57. The van der Waals surface area contributed by atoms with Crippen molar-refractivity contribution in [1.82, 2.24) is 9.97 Å². The number of nitrogens with zero attached hydrogens (tertiary/aromatic N) is 3. The van der Waals surface area contributed by atoms with E-state index >= 15 is 0 Å². The summed E-state index contributed by atoms with van der Waals surface area (Å²) in [7, 11) is 0. The van der Waals surface area contributed by atoms with Crippen LogP contribution in [-0.4, -0.2) is 73.7 Å². The molecule has 3 heterocycles. The second-order valence-electron chi connectivity index (χ2n) is 7.12. The van der Waals surface area contributed by atoms with Gasteiger partial charge in [0, 0.05) is 18.5 Å². The minimum absolute atomic E-state index is 0.249. The van der Waals surface area contributed by atoms with Crippen molar-refractivity contribution < 1.29 is 14.7 Å². The van der Waals surface area contributed by atoms with Crippen LogP contribution in [0.4, 0.5) is 11.8 Å². The number of hydrogen-bond acceptors (Lipinski definition) is 6. The Kier molecular flexibility index (Phi) is 5.48. The number of aliphatic hydroxyl groups is 1. The number of nitrogens with one attached hydrogen (secondary N) is 2. The molecule has 7 heteroatoms. The van der Waals surface area contributed by atoms with Crippen molar-refractivity contribution in [1.29, 1.82) is 0 Å². The van der Waals surface area contributed by atoms with Crippen LogP contribution >= 0.6 is 0 Å². The van der Waals surface area contributed by atoms with E-state index < -0.39 is 0 Å². The Bertz CT molecular complexity index is 727. The number of aliphatic hydroxyl groups excluding tert-OH is 1. The van der Waals surface area contributed by atoms with E-state index in [1.54, 1.807) is 0 Å². The summed E-state index contributed by atoms with van der Waals surface area (Å²) >= 11 is 0. The molecule has 140 valence electrons. The first-order chi connectivity index (χ1) is 12.8. The number of ether oxygens (including phenoxy) is 1. The highest BCUT2D eigenvalue weighted by atomic mass is 16.5. The number of quaternary nitrogens is 1. The Labute approximate surface area is 154 Å². The molecule has 0 radical (unpaired) electrons. The van der Waals surface area contributed by atoms with Crippen LogP contribution in [0.25, 0.3) is 10.9 Å². The fraction of sp³-hybridized carbons (Fsp3) is 0.579. The number of hydrogen-bond donors (Lipinski definition) is 3. The van der Waals surface area contributed by atoms with Crippen molar-refractivity contribution in [2.45, 2.75) is 18.9 Å². The van der Waals surface area contributed by atoms with E-state index in [0.717, 1.165) is 81.4 Å². The van der Waals surface area contributed by atoms with Crippen molar-refractivity contribution in [3.05, 3.63) is 24.3 Å². The highest BCUT2D eigenvalue weighted by Gasteiger charge is 2.23. The predicted molar refractivity (Wildman–Crippen MR) is 102 cm³/mol. The van der Waals surface area contributed by atoms with Crippen LogP contribution in [0.1, 0.15) is 12.8 Å². The summed E-state index contributed by atoms with van der Waals surface area (Å²) in [5.74, 6) is 1.69. The summed E-state index contributed by atoms with van der Waals surface area (Å²) < 4.78 is 5.73. The van der Waals surface area contributed by atoms with Gasteiger partial charge in [-0.1, -0.05) is 12.1 Å². The van der Waals surface area contributed by atoms with Gasteiger partial charge in [0.1, 0.15) is 12.4 Å². The normalized spacial score (nSPS) is 21.4. The van der Waals surface area contributed by atoms with Gasteiger partial charge in [0.05, 0.1) is 44.4 Å². The summed E-state index contributed by atoms with van der Waals surface area (Å²) in [6.07, 6.45) is 2.53. The Morgan fingerprint density at radius 3 is 2.85 bits per heavy atom.